The lowest BCUT2D eigenvalue weighted by Crippen LogP contribution is -2.37. The van der Waals surface area contributed by atoms with Gasteiger partial charge in [0.05, 0.1) is 0 Å². The van der Waals surface area contributed by atoms with Crippen molar-refractivity contribution >= 4 is 0 Å². The van der Waals surface area contributed by atoms with Gasteiger partial charge in [-0.2, -0.15) is 10.1 Å². The topological polar surface area (TPSA) is 82.7 Å². The van der Waals surface area contributed by atoms with Crippen LogP contribution in [0.1, 0.15) is 32.5 Å². The Kier molecular flexibility index (Phi) is 2.98. The number of hydrogen-bond acceptors (Lipinski definition) is 5. The van der Waals surface area contributed by atoms with Gasteiger partial charge in [0, 0.05) is 19.5 Å². The quantitative estimate of drug-likeness (QED) is 0.747. The van der Waals surface area contributed by atoms with E-state index in [-0.39, 0.29) is 17.4 Å². The first-order chi connectivity index (χ1) is 8.45. The third kappa shape index (κ3) is 1.81. The second kappa shape index (κ2) is 4.32. The fourth-order valence-electron chi connectivity index (χ4n) is 1.61. The Hall–Kier alpha value is -2.05. The Balaban J connectivity index is 2.92. The molecule has 0 spiro atoms. The van der Waals surface area contributed by atoms with E-state index in [0.717, 1.165) is 4.57 Å². The summed E-state index contributed by atoms with van der Waals surface area (Å²) < 4.78 is 2.50. The van der Waals surface area contributed by atoms with E-state index in [4.69, 9.17) is 0 Å². The minimum absolute atomic E-state index is 0.101. The summed E-state index contributed by atoms with van der Waals surface area (Å²) in [5, 5.41) is 4.29. The number of rotatable bonds is 2. The summed E-state index contributed by atoms with van der Waals surface area (Å²) in [6.45, 7) is 6.29. The van der Waals surface area contributed by atoms with Gasteiger partial charge in [0.15, 0.2) is 17.3 Å². The molecule has 2 aliphatic heterocycles. The van der Waals surface area contributed by atoms with Crippen LogP contribution < -0.4 is 11.2 Å². The molecule has 96 valence electrons. The minimum Gasteiger partial charge on any atom is -0.267 e. The molecule has 7 nitrogen and oxygen atoms in total. The Bertz CT molecular complexity index is 670. The average Bonchev–Trinajstić information content (AvgIpc) is 2.35. The maximum atomic E-state index is 12.0. The van der Waals surface area contributed by atoms with Crippen LogP contribution in [0.2, 0.25) is 0 Å². The number of aryl methyl sites for hydroxylation is 1. The first kappa shape index (κ1) is 12.4. The summed E-state index contributed by atoms with van der Waals surface area (Å²) in [6, 6.07) is 0. The van der Waals surface area contributed by atoms with Crippen LogP contribution in [0.5, 0.6) is 0 Å². The maximum Gasteiger partial charge on any atom is 0.352 e. The van der Waals surface area contributed by atoms with Crippen LogP contribution in [-0.2, 0) is 13.6 Å². The van der Waals surface area contributed by atoms with Crippen molar-refractivity contribution in [2.24, 2.45) is 7.05 Å². The highest BCUT2D eigenvalue weighted by atomic mass is 16.2. The predicted octanol–water partition coefficient (Wildman–Crippen LogP) is -0.0199. The molecule has 0 atom stereocenters. The van der Waals surface area contributed by atoms with Gasteiger partial charge in [0.2, 0.25) is 0 Å². The van der Waals surface area contributed by atoms with Crippen molar-refractivity contribution in [3.05, 3.63) is 26.7 Å². The average molecular weight is 249 g/mol. The zero-order chi connectivity index (χ0) is 13.4. The van der Waals surface area contributed by atoms with Crippen molar-refractivity contribution in [3.63, 3.8) is 0 Å². The van der Waals surface area contributed by atoms with Crippen molar-refractivity contribution in [2.45, 2.75) is 33.2 Å². The van der Waals surface area contributed by atoms with E-state index < -0.39 is 11.2 Å². The lowest BCUT2D eigenvalue weighted by atomic mass is 10.2. The van der Waals surface area contributed by atoms with Crippen LogP contribution in [0.3, 0.4) is 0 Å². The van der Waals surface area contributed by atoms with Crippen LogP contribution in [0, 0.1) is 0 Å². The molecule has 0 aromatic heterocycles. The first-order valence-corrected chi connectivity index (χ1v) is 5.81. The van der Waals surface area contributed by atoms with Gasteiger partial charge in [-0.05, 0) is 6.92 Å². The normalized spacial score (nSPS) is 11.4. The third-order valence-electron chi connectivity index (χ3n) is 2.72. The van der Waals surface area contributed by atoms with E-state index in [1.807, 2.05) is 20.8 Å². The molecule has 0 aromatic carbocycles. The van der Waals surface area contributed by atoms with Crippen molar-refractivity contribution in [2.75, 3.05) is 0 Å². The van der Waals surface area contributed by atoms with Gasteiger partial charge in [-0.3, -0.25) is 9.36 Å². The molecule has 0 amide bonds. The molecule has 0 radical (unpaired) electrons. The van der Waals surface area contributed by atoms with Crippen LogP contribution in [-0.4, -0.2) is 24.3 Å². The van der Waals surface area contributed by atoms with Crippen molar-refractivity contribution in [1.29, 1.82) is 0 Å². The lowest BCUT2D eigenvalue weighted by molar-refractivity contribution is 0.571. The van der Waals surface area contributed by atoms with Gasteiger partial charge in [-0.15, -0.1) is 0 Å². The Morgan fingerprint density at radius 2 is 1.89 bits per heavy atom. The maximum absolute atomic E-state index is 12.0. The monoisotopic (exact) mass is 249 g/mol. The van der Waals surface area contributed by atoms with Crippen molar-refractivity contribution < 1.29 is 0 Å². The zero-order valence-electron chi connectivity index (χ0n) is 10.8. The van der Waals surface area contributed by atoms with Gasteiger partial charge in [0.1, 0.15) is 0 Å². The largest absolute Gasteiger partial charge is 0.352 e. The summed E-state index contributed by atoms with van der Waals surface area (Å²) >= 11 is 0. The molecule has 0 N–H and O–H groups in total. The van der Waals surface area contributed by atoms with Gasteiger partial charge in [0.25, 0.3) is 5.56 Å². The molecule has 0 aliphatic carbocycles. The molecule has 0 unspecified atom stereocenters. The van der Waals surface area contributed by atoms with Gasteiger partial charge < -0.3 is 0 Å². The Morgan fingerprint density at radius 1 is 1.22 bits per heavy atom. The summed E-state index contributed by atoms with van der Waals surface area (Å²) in [5.41, 5.74) is -0.829. The highest BCUT2D eigenvalue weighted by molar-refractivity contribution is 5.48. The number of fused-ring (bicyclic) bond motifs is 1. The molecule has 0 saturated heterocycles. The standard InChI is InChI=1S/C11H15N5O2/c1-5-16-9-7(12-8(14-16)6(2)3)10(17)15(4)11(18)13-9/h6H,5H2,1-4H3. The van der Waals surface area contributed by atoms with Crippen molar-refractivity contribution in [1.82, 2.24) is 24.3 Å². The number of hydrogen-bond donors (Lipinski definition) is 0. The van der Waals surface area contributed by atoms with E-state index in [0.29, 0.717) is 12.4 Å². The SMILES string of the molecule is CCn1nc(C(C)C)nc2c(=O)n(C)c(=O)nc1-2. The predicted molar refractivity (Wildman–Crippen MR) is 65.7 cm³/mol. The summed E-state index contributed by atoms with van der Waals surface area (Å²) in [7, 11) is 1.39. The van der Waals surface area contributed by atoms with E-state index in [9.17, 15) is 9.59 Å². The van der Waals surface area contributed by atoms with E-state index in [2.05, 4.69) is 15.1 Å². The van der Waals surface area contributed by atoms with Gasteiger partial charge >= 0.3 is 5.69 Å². The fraction of sp³-hybridized carbons (Fsp3) is 0.545. The van der Waals surface area contributed by atoms with E-state index >= 15 is 0 Å². The minimum atomic E-state index is -0.587. The number of nitrogens with zero attached hydrogens (tertiary/aromatic N) is 5. The molecule has 0 bridgehead atoms. The number of aromatic nitrogens is 5. The fourth-order valence-corrected chi connectivity index (χ4v) is 1.61. The molecule has 0 saturated carbocycles. The molecule has 0 fully saturated rings. The first-order valence-electron chi connectivity index (χ1n) is 5.81. The molecular weight excluding hydrogens is 234 g/mol. The summed E-state index contributed by atoms with van der Waals surface area (Å²) in [6.07, 6.45) is 0. The van der Waals surface area contributed by atoms with Crippen LogP contribution in [0.15, 0.2) is 9.59 Å². The summed E-state index contributed by atoms with van der Waals surface area (Å²) in [5.74, 6) is 0.917. The van der Waals surface area contributed by atoms with Gasteiger partial charge in [-0.1, -0.05) is 13.8 Å². The molecule has 0 aromatic rings. The molecule has 2 rings (SSSR count). The molecule has 7 heteroatoms. The zero-order valence-corrected chi connectivity index (χ0v) is 10.8. The van der Waals surface area contributed by atoms with Crippen LogP contribution in [0.4, 0.5) is 0 Å². The molecule has 18 heavy (non-hydrogen) atoms. The summed E-state index contributed by atoms with van der Waals surface area (Å²) in [4.78, 5) is 31.6. The van der Waals surface area contributed by atoms with Crippen molar-refractivity contribution in [3.8, 4) is 11.5 Å². The second-order valence-electron chi connectivity index (χ2n) is 4.37. The van der Waals surface area contributed by atoms with Crippen LogP contribution >= 0.6 is 0 Å². The van der Waals surface area contributed by atoms with E-state index in [1.165, 1.54) is 7.05 Å². The second-order valence-corrected chi connectivity index (χ2v) is 4.37. The van der Waals surface area contributed by atoms with Gasteiger partial charge in [-0.25, -0.2) is 14.5 Å². The van der Waals surface area contributed by atoms with Crippen LogP contribution in [0.25, 0.3) is 11.5 Å². The Morgan fingerprint density at radius 3 is 2.44 bits per heavy atom. The molecule has 2 heterocycles. The van der Waals surface area contributed by atoms with E-state index in [1.54, 1.807) is 4.68 Å². The lowest BCUT2D eigenvalue weighted by Gasteiger charge is -2.14. The highest BCUT2D eigenvalue weighted by Gasteiger charge is 2.20. The highest BCUT2D eigenvalue weighted by Crippen LogP contribution is 2.14. The molecule has 2 aliphatic rings. The molecular formula is C11H15N5O2. The third-order valence-corrected chi connectivity index (χ3v) is 2.72. The smallest absolute Gasteiger partial charge is 0.267 e. The Labute approximate surface area is 103 Å².